The lowest BCUT2D eigenvalue weighted by Gasteiger charge is -2.35. The maximum absolute atomic E-state index is 12.2. The molecule has 2 amide bonds. The van der Waals surface area contributed by atoms with E-state index in [1.807, 2.05) is 91.1 Å². The zero-order valence-corrected chi connectivity index (χ0v) is 32.9. The van der Waals surface area contributed by atoms with Crippen LogP contribution in [0, 0.1) is 5.92 Å². The Balaban J connectivity index is 0.000000291. The number of amides is 2. The molecule has 58 heavy (non-hydrogen) atoms. The summed E-state index contributed by atoms with van der Waals surface area (Å²) in [7, 11) is 0. The van der Waals surface area contributed by atoms with Gasteiger partial charge < -0.3 is 25.3 Å². The van der Waals surface area contributed by atoms with Gasteiger partial charge in [-0.1, -0.05) is 60.1 Å². The topological polar surface area (TPSA) is 134 Å². The van der Waals surface area contributed by atoms with Gasteiger partial charge in [0.1, 0.15) is 23.8 Å². The van der Waals surface area contributed by atoms with Crippen molar-refractivity contribution in [2.24, 2.45) is 11.7 Å². The van der Waals surface area contributed by atoms with Crippen LogP contribution in [0.1, 0.15) is 29.7 Å². The third-order valence-electron chi connectivity index (χ3n) is 9.70. The van der Waals surface area contributed by atoms with Gasteiger partial charge in [0.05, 0.1) is 19.3 Å². The van der Waals surface area contributed by atoms with Crippen LogP contribution in [0.4, 0.5) is 13.2 Å². The van der Waals surface area contributed by atoms with Gasteiger partial charge in [0.25, 0.3) is 0 Å². The zero-order chi connectivity index (χ0) is 41.3. The van der Waals surface area contributed by atoms with Gasteiger partial charge in [-0.25, -0.2) is 0 Å². The number of furan rings is 1. The van der Waals surface area contributed by atoms with E-state index in [9.17, 15) is 27.9 Å². The minimum Gasteiger partial charge on any atom is -0.493 e. The molecule has 14 heteroatoms. The van der Waals surface area contributed by atoms with Crippen molar-refractivity contribution in [1.82, 2.24) is 20.1 Å². The number of carbonyl (C=O) groups is 2. The van der Waals surface area contributed by atoms with Crippen LogP contribution in [0.5, 0.6) is 5.75 Å². The first kappa shape index (κ1) is 43.9. The maximum Gasteiger partial charge on any atom is 0.405 e. The molecule has 0 bridgehead atoms. The molecule has 2 atom stereocenters. The summed E-state index contributed by atoms with van der Waals surface area (Å²) in [5, 5.41) is 13.0. The Kier molecular flexibility index (Phi) is 16.7. The zero-order valence-electron chi connectivity index (χ0n) is 32.1. The number of primary amides is 1. The van der Waals surface area contributed by atoms with Crippen LogP contribution >= 0.6 is 11.6 Å². The molecule has 2 aliphatic rings. The summed E-state index contributed by atoms with van der Waals surface area (Å²) < 4.78 is 44.5. The van der Waals surface area contributed by atoms with E-state index in [0.717, 1.165) is 85.3 Å². The molecule has 4 heterocycles. The minimum absolute atomic E-state index is 0.00743. The number of fused-ring (bicyclic) bond motifs is 1. The number of alkyl halides is 3. The van der Waals surface area contributed by atoms with E-state index in [2.05, 4.69) is 26.9 Å². The van der Waals surface area contributed by atoms with Crippen molar-refractivity contribution < 1.29 is 37.0 Å². The summed E-state index contributed by atoms with van der Waals surface area (Å²) in [6, 6.07) is 31.9. The molecule has 0 radical (unpaired) electrons. The molecule has 1 fully saturated rings. The number of para-hydroxylation sites is 1. The van der Waals surface area contributed by atoms with E-state index in [4.69, 9.17) is 26.5 Å². The summed E-state index contributed by atoms with van der Waals surface area (Å²) >= 11 is 5.99. The number of piperazine rings is 1. The normalized spacial score (nSPS) is 15.3. The highest BCUT2D eigenvalue weighted by Gasteiger charge is 2.26. The van der Waals surface area contributed by atoms with Crippen molar-refractivity contribution in [3.8, 4) is 28.2 Å². The summed E-state index contributed by atoms with van der Waals surface area (Å²) in [4.78, 5) is 30.2. The number of hydrogen-bond acceptors (Lipinski definition) is 8. The number of rotatable bonds is 13. The fourth-order valence-electron chi connectivity index (χ4n) is 6.69. The highest BCUT2D eigenvalue weighted by atomic mass is 35.5. The Morgan fingerprint density at radius 2 is 1.62 bits per heavy atom. The largest absolute Gasteiger partial charge is 0.493 e. The fourth-order valence-corrected chi connectivity index (χ4v) is 6.81. The predicted octanol–water partition coefficient (Wildman–Crippen LogP) is 7.18. The van der Waals surface area contributed by atoms with E-state index in [1.165, 1.54) is 17.3 Å². The van der Waals surface area contributed by atoms with E-state index in [-0.39, 0.29) is 12.3 Å². The summed E-state index contributed by atoms with van der Waals surface area (Å²) in [5.74, 6) is 2.04. The van der Waals surface area contributed by atoms with Gasteiger partial charge in [0.15, 0.2) is 0 Å². The Morgan fingerprint density at radius 1 is 0.914 bits per heavy atom. The lowest BCUT2D eigenvalue weighted by atomic mass is 9.92. The van der Waals surface area contributed by atoms with E-state index in [0.29, 0.717) is 24.4 Å². The number of carbonyl (C=O) groups excluding carboxylic acids is 2. The second-order valence-corrected chi connectivity index (χ2v) is 14.6. The molecular weight excluding hydrogens is 771 g/mol. The summed E-state index contributed by atoms with van der Waals surface area (Å²) in [6.45, 7) is 4.36. The van der Waals surface area contributed by atoms with Crippen molar-refractivity contribution in [1.29, 1.82) is 0 Å². The van der Waals surface area contributed by atoms with Gasteiger partial charge in [0.2, 0.25) is 12.3 Å². The van der Waals surface area contributed by atoms with E-state index >= 15 is 0 Å². The Bertz CT molecular complexity index is 1960. The van der Waals surface area contributed by atoms with Crippen LogP contribution in [0.15, 0.2) is 114 Å². The Labute approximate surface area is 341 Å². The number of ether oxygens (including phenoxy) is 1. The van der Waals surface area contributed by atoms with E-state index < -0.39 is 24.7 Å². The number of pyridine rings is 1. The third kappa shape index (κ3) is 14.6. The molecule has 1 saturated heterocycles. The minimum atomic E-state index is -4.29. The molecule has 0 aliphatic carbocycles. The average molecular weight is 820 g/mol. The number of aryl methyl sites for hydroxylation is 1. The number of nitrogens with zero attached hydrogens (tertiary/aromatic N) is 3. The van der Waals surface area contributed by atoms with Crippen LogP contribution in [-0.4, -0.2) is 90.4 Å². The summed E-state index contributed by atoms with van der Waals surface area (Å²) in [6.07, 6.45) is 1.87. The number of aliphatic hydroxyl groups is 1. The first-order chi connectivity index (χ1) is 28.0. The predicted molar refractivity (Wildman–Crippen MR) is 218 cm³/mol. The molecule has 308 valence electrons. The molecule has 2 aliphatic heterocycles. The lowest BCUT2D eigenvalue weighted by molar-refractivity contribution is -0.132. The van der Waals surface area contributed by atoms with Crippen molar-refractivity contribution in [3.63, 3.8) is 0 Å². The van der Waals surface area contributed by atoms with Gasteiger partial charge >= 0.3 is 6.18 Å². The second-order valence-electron chi connectivity index (χ2n) is 14.2. The molecular formula is C44H49ClF3N5O5. The van der Waals surface area contributed by atoms with E-state index in [1.54, 1.807) is 6.20 Å². The quantitative estimate of drug-likeness (QED) is 0.107. The van der Waals surface area contributed by atoms with Crippen molar-refractivity contribution in [3.05, 3.63) is 131 Å². The van der Waals surface area contributed by atoms with Gasteiger partial charge in [-0.05, 0) is 96.5 Å². The van der Waals surface area contributed by atoms with Gasteiger partial charge in [0, 0.05) is 61.6 Å². The number of nitrogens with one attached hydrogen (secondary N) is 1. The second kappa shape index (κ2) is 22.1. The van der Waals surface area contributed by atoms with Crippen LogP contribution in [0.25, 0.3) is 22.5 Å². The first-order valence-electron chi connectivity index (χ1n) is 19.2. The molecule has 0 unspecified atom stereocenters. The molecule has 0 saturated carbocycles. The average Bonchev–Trinajstić information content (AvgIpc) is 3.70. The first-order valence-corrected chi connectivity index (χ1v) is 19.5. The van der Waals surface area contributed by atoms with Crippen molar-refractivity contribution >= 4 is 23.9 Å². The number of β-amino-alcohol motifs (C(OH)–C–C–N with tert-alkyl or cyclic N) is 1. The molecule has 7 rings (SSSR count). The van der Waals surface area contributed by atoms with Crippen LogP contribution in [0.3, 0.4) is 0 Å². The SMILES string of the molecule is NC(=O)[C@H](Cc1ccc(-c2cccnc2)cc1)C[C@H](O)CN1CCN(Cc2ccc(-c3ccc(Cl)cc3)o2)CC1.O=CNCC(F)(F)F.c1ccc2c(c1)CCCO2. The van der Waals surface area contributed by atoms with Crippen LogP contribution in [-0.2, 0) is 29.0 Å². The summed E-state index contributed by atoms with van der Waals surface area (Å²) in [5.41, 5.74) is 11.2. The number of hydrogen-bond donors (Lipinski definition) is 3. The van der Waals surface area contributed by atoms with Crippen LogP contribution < -0.4 is 15.8 Å². The van der Waals surface area contributed by atoms with Gasteiger partial charge in [-0.15, -0.1) is 0 Å². The maximum atomic E-state index is 12.2. The number of aliphatic hydroxyl groups excluding tert-OH is 1. The van der Waals surface area contributed by atoms with Gasteiger partial charge in [-0.2, -0.15) is 13.2 Å². The Morgan fingerprint density at radius 3 is 2.26 bits per heavy atom. The van der Waals surface area contributed by atoms with Crippen LogP contribution in [0.2, 0.25) is 5.02 Å². The lowest BCUT2D eigenvalue weighted by Crippen LogP contribution is -2.48. The molecule has 2 aromatic heterocycles. The van der Waals surface area contributed by atoms with Crippen molar-refractivity contribution in [2.45, 2.75) is 44.5 Å². The monoisotopic (exact) mass is 819 g/mol. The molecule has 5 aromatic rings. The highest BCUT2D eigenvalue weighted by molar-refractivity contribution is 6.30. The number of nitrogens with two attached hydrogens (primary N) is 1. The standard InChI is InChI=1S/C32H35ClN4O3.C9H10O.C3H4F3NO/c33-28-9-7-25(8-10-28)31-12-11-30(40-31)22-37-16-14-36(15-17-37)21-29(38)19-27(32(34)39)18-23-3-5-24(6-4-23)26-2-1-13-35-20-26;1-2-6-9-8(4-1)5-3-7-10-9;4-3(5,6)1-7-2-8/h1-13,20,27,29,38H,14-19,21-22H2,(H2,34,39);1-2,4,6H,3,5,7H2;2H,1H2,(H,7,8)/t27-,29+;;/m1../s1. The molecule has 0 spiro atoms. The number of benzene rings is 3. The number of aromatic nitrogens is 1. The third-order valence-corrected chi connectivity index (χ3v) is 9.95. The molecule has 3 aromatic carbocycles. The molecule has 4 N–H and O–H groups in total. The number of halogens is 4. The fraction of sp³-hybridized carbons (Fsp3) is 0.341. The van der Waals surface area contributed by atoms with Crippen molar-refractivity contribution in [2.75, 3.05) is 45.9 Å². The Hall–Kier alpha value is -5.21. The van der Waals surface area contributed by atoms with Gasteiger partial charge in [-0.3, -0.25) is 24.4 Å². The smallest absolute Gasteiger partial charge is 0.405 e. The molecule has 10 nitrogen and oxygen atoms in total. The highest BCUT2D eigenvalue weighted by Crippen LogP contribution is 2.26.